The standard InChI is InChI=1S/C13H27N3O/c1-11-7-12(2)16(8-11)10-13(17)9-15-5-3-14-4-6-15/h11-14,17H,3-10H2,1-2H3. The van der Waals surface area contributed by atoms with E-state index in [2.05, 4.69) is 29.0 Å². The third-order valence-corrected chi connectivity index (χ3v) is 4.04. The Kier molecular flexibility index (Phi) is 4.79. The van der Waals surface area contributed by atoms with E-state index in [1.54, 1.807) is 0 Å². The number of piperazine rings is 1. The van der Waals surface area contributed by atoms with Crippen LogP contribution in [0, 0.1) is 5.92 Å². The van der Waals surface area contributed by atoms with Crippen LogP contribution in [0.5, 0.6) is 0 Å². The monoisotopic (exact) mass is 241 g/mol. The fourth-order valence-electron chi connectivity index (χ4n) is 3.16. The molecule has 2 aliphatic heterocycles. The fraction of sp³-hybridized carbons (Fsp3) is 1.00. The summed E-state index contributed by atoms with van der Waals surface area (Å²) in [5.74, 6) is 0.788. The number of rotatable bonds is 4. The van der Waals surface area contributed by atoms with Crippen molar-refractivity contribution < 1.29 is 5.11 Å². The highest BCUT2D eigenvalue weighted by atomic mass is 16.3. The second-order valence-corrected chi connectivity index (χ2v) is 5.85. The van der Waals surface area contributed by atoms with Crippen molar-refractivity contribution in [1.82, 2.24) is 15.1 Å². The Morgan fingerprint density at radius 3 is 2.53 bits per heavy atom. The molecule has 4 nitrogen and oxygen atoms in total. The summed E-state index contributed by atoms with van der Waals surface area (Å²) in [5.41, 5.74) is 0. The smallest absolute Gasteiger partial charge is 0.0793 e. The van der Waals surface area contributed by atoms with Gasteiger partial charge < -0.3 is 10.4 Å². The average Bonchev–Trinajstić information content (AvgIpc) is 2.58. The molecular formula is C13H27N3O. The average molecular weight is 241 g/mol. The van der Waals surface area contributed by atoms with Gasteiger partial charge in [0.05, 0.1) is 6.10 Å². The lowest BCUT2D eigenvalue weighted by Crippen LogP contribution is -2.48. The molecule has 0 amide bonds. The molecule has 3 unspecified atom stereocenters. The van der Waals surface area contributed by atoms with E-state index in [1.807, 2.05) is 0 Å². The van der Waals surface area contributed by atoms with Gasteiger partial charge in [-0.3, -0.25) is 9.80 Å². The van der Waals surface area contributed by atoms with Crippen molar-refractivity contribution >= 4 is 0 Å². The molecule has 0 aromatic carbocycles. The summed E-state index contributed by atoms with van der Waals surface area (Å²) >= 11 is 0. The third kappa shape index (κ3) is 3.91. The first kappa shape index (κ1) is 13.3. The van der Waals surface area contributed by atoms with Crippen LogP contribution in [0.3, 0.4) is 0 Å². The van der Waals surface area contributed by atoms with Crippen LogP contribution in [0.1, 0.15) is 20.3 Å². The van der Waals surface area contributed by atoms with Crippen molar-refractivity contribution in [2.24, 2.45) is 5.92 Å². The maximum Gasteiger partial charge on any atom is 0.0793 e. The number of hydrogen-bond acceptors (Lipinski definition) is 4. The highest BCUT2D eigenvalue weighted by Gasteiger charge is 2.28. The van der Waals surface area contributed by atoms with Gasteiger partial charge in [-0.1, -0.05) is 6.92 Å². The van der Waals surface area contributed by atoms with E-state index in [1.165, 1.54) is 6.42 Å². The molecule has 2 saturated heterocycles. The molecular weight excluding hydrogens is 214 g/mol. The van der Waals surface area contributed by atoms with Crippen LogP contribution in [0.2, 0.25) is 0 Å². The predicted octanol–water partition coefficient (Wildman–Crippen LogP) is -0.0172. The van der Waals surface area contributed by atoms with Gasteiger partial charge in [-0.05, 0) is 19.3 Å². The van der Waals surface area contributed by atoms with Crippen LogP contribution in [-0.4, -0.2) is 72.9 Å². The minimum absolute atomic E-state index is 0.194. The third-order valence-electron chi connectivity index (χ3n) is 4.04. The zero-order chi connectivity index (χ0) is 12.3. The predicted molar refractivity (Wildman–Crippen MR) is 70.1 cm³/mol. The van der Waals surface area contributed by atoms with E-state index in [0.29, 0.717) is 6.04 Å². The van der Waals surface area contributed by atoms with Crippen molar-refractivity contribution in [2.75, 3.05) is 45.8 Å². The van der Waals surface area contributed by atoms with Gasteiger partial charge in [0.1, 0.15) is 0 Å². The molecule has 2 aliphatic rings. The van der Waals surface area contributed by atoms with Crippen molar-refractivity contribution in [3.8, 4) is 0 Å². The molecule has 0 bridgehead atoms. The van der Waals surface area contributed by atoms with Crippen LogP contribution < -0.4 is 5.32 Å². The van der Waals surface area contributed by atoms with Crippen molar-refractivity contribution in [3.63, 3.8) is 0 Å². The Morgan fingerprint density at radius 2 is 1.94 bits per heavy atom. The summed E-state index contributed by atoms with van der Waals surface area (Å²) in [6, 6.07) is 0.641. The zero-order valence-corrected chi connectivity index (χ0v) is 11.2. The molecule has 2 rings (SSSR count). The van der Waals surface area contributed by atoms with E-state index in [4.69, 9.17) is 0 Å². The topological polar surface area (TPSA) is 38.7 Å². The van der Waals surface area contributed by atoms with Crippen LogP contribution in [-0.2, 0) is 0 Å². The summed E-state index contributed by atoms with van der Waals surface area (Å²) in [7, 11) is 0. The molecule has 3 atom stereocenters. The van der Waals surface area contributed by atoms with Crippen molar-refractivity contribution in [1.29, 1.82) is 0 Å². The number of nitrogens with one attached hydrogen (secondary N) is 1. The number of aliphatic hydroxyl groups is 1. The second-order valence-electron chi connectivity index (χ2n) is 5.85. The molecule has 0 aromatic rings. The highest BCUT2D eigenvalue weighted by molar-refractivity contribution is 4.82. The van der Waals surface area contributed by atoms with Crippen LogP contribution >= 0.6 is 0 Å². The largest absolute Gasteiger partial charge is 0.390 e. The fourth-order valence-corrected chi connectivity index (χ4v) is 3.16. The molecule has 2 heterocycles. The molecule has 4 heteroatoms. The van der Waals surface area contributed by atoms with Crippen LogP contribution in [0.4, 0.5) is 0 Å². The van der Waals surface area contributed by atoms with Crippen LogP contribution in [0.25, 0.3) is 0 Å². The quantitative estimate of drug-likeness (QED) is 0.726. The summed E-state index contributed by atoms with van der Waals surface area (Å²) in [5, 5.41) is 13.5. The highest BCUT2D eigenvalue weighted by Crippen LogP contribution is 2.22. The maximum absolute atomic E-state index is 10.2. The Bertz CT molecular complexity index is 231. The molecule has 0 radical (unpaired) electrons. The number of hydrogen-bond donors (Lipinski definition) is 2. The van der Waals surface area contributed by atoms with Gasteiger partial charge in [-0.25, -0.2) is 0 Å². The lowest BCUT2D eigenvalue weighted by atomic mass is 10.1. The summed E-state index contributed by atoms with van der Waals surface area (Å²) in [6.45, 7) is 11.7. The van der Waals surface area contributed by atoms with Gasteiger partial charge in [0.2, 0.25) is 0 Å². The van der Waals surface area contributed by atoms with Gasteiger partial charge in [-0.15, -0.1) is 0 Å². The van der Waals surface area contributed by atoms with Gasteiger partial charge >= 0.3 is 0 Å². The van der Waals surface area contributed by atoms with E-state index in [0.717, 1.165) is 51.7 Å². The van der Waals surface area contributed by atoms with Gasteiger partial charge in [0.25, 0.3) is 0 Å². The molecule has 2 N–H and O–H groups in total. The van der Waals surface area contributed by atoms with Crippen molar-refractivity contribution in [2.45, 2.75) is 32.4 Å². The molecule has 0 spiro atoms. The van der Waals surface area contributed by atoms with Crippen LogP contribution in [0.15, 0.2) is 0 Å². The Morgan fingerprint density at radius 1 is 1.24 bits per heavy atom. The number of β-amino-alcohol motifs (C(OH)–C–C–N with tert-alkyl or cyclic N) is 1. The molecule has 0 saturated carbocycles. The van der Waals surface area contributed by atoms with Gasteiger partial charge in [0.15, 0.2) is 0 Å². The number of nitrogens with zero attached hydrogens (tertiary/aromatic N) is 2. The van der Waals surface area contributed by atoms with E-state index in [9.17, 15) is 5.11 Å². The molecule has 0 aromatic heterocycles. The van der Waals surface area contributed by atoms with Crippen molar-refractivity contribution in [3.05, 3.63) is 0 Å². The number of likely N-dealkylation sites (tertiary alicyclic amines) is 1. The van der Waals surface area contributed by atoms with E-state index < -0.39 is 0 Å². The SMILES string of the molecule is CC1CC(C)N(CC(O)CN2CCNCC2)C1. The Balaban J connectivity index is 1.71. The summed E-state index contributed by atoms with van der Waals surface area (Å²) in [6.07, 6.45) is 1.08. The maximum atomic E-state index is 10.2. The normalized spacial score (nSPS) is 34.1. The summed E-state index contributed by atoms with van der Waals surface area (Å²) in [4.78, 5) is 4.81. The lowest BCUT2D eigenvalue weighted by Gasteiger charge is -2.31. The molecule has 17 heavy (non-hydrogen) atoms. The minimum atomic E-state index is -0.194. The zero-order valence-electron chi connectivity index (χ0n) is 11.2. The molecule has 0 aliphatic carbocycles. The summed E-state index contributed by atoms with van der Waals surface area (Å²) < 4.78 is 0. The van der Waals surface area contributed by atoms with E-state index in [-0.39, 0.29) is 6.10 Å². The second kappa shape index (κ2) is 6.14. The first-order chi connectivity index (χ1) is 8.15. The first-order valence-corrected chi connectivity index (χ1v) is 7.00. The minimum Gasteiger partial charge on any atom is -0.390 e. The van der Waals surface area contributed by atoms with Gasteiger partial charge in [0, 0.05) is 51.9 Å². The Hall–Kier alpha value is -0.160. The molecule has 100 valence electrons. The molecule has 2 fully saturated rings. The lowest BCUT2D eigenvalue weighted by molar-refractivity contribution is 0.0668. The first-order valence-electron chi connectivity index (χ1n) is 7.00. The number of aliphatic hydroxyl groups excluding tert-OH is 1. The van der Waals surface area contributed by atoms with E-state index >= 15 is 0 Å². The Labute approximate surface area is 105 Å². The van der Waals surface area contributed by atoms with Gasteiger partial charge in [-0.2, -0.15) is 0 Å².